The Labute approximate surface area is 228 Å². The van der Waals surface area contributed by atoms with Crippen LogP contribution in [0.25, 0.3) is 11.1 Å². The quantitative estimate of drug-likeness (QED) is 0.396. The van der Waals surface area contributed by atoms with E-state index in [0.29, 0.717) is 16.9 Å². The van der Waals surface area contributed by atoms with Crippen molar-refractivity contribution in [2.75, 3.05) is 10.6 Å². The molecule has 0 bridgehead atoms. The summed E-state index contributed by atoms with van der Waals surface area (Å²) in [4.78, 5) is 54.1. The Hall–Kier alpha value is -4.46. The minimum atomic E-state index is -1.01. The highest BCUT2D eigenvalue weighted by Crippen LogP contribution is 2.44. The van der Waals surface area contributed by atoms with E-state index in [0.717, 1.165) is 21.6 Å². The molecule has 1 aliphatic rings. The SMILES string of the molecule is CC(C)C(=O)NC(CC(=O)N[C@@H](C)C(=O)N1C(=O)C(C)c2ccccc2-c2c(N)cccc21)c1ccccc1. The van der Waals surface area contributed by atoms with Gasteiger partial charge in [0.1, 0.15) is 6.04 Å². The summed E-state index contributed by atoms with van der Waals surface area (Å²) in [5, 5.41) is 5.65. The number of amides is 4. The van der Waals surface area contributed by atoms with E-state index in [9.17, 15) is 19.2 Å². The third-order valence-corrected chi connectivity index (χ3v) is 7.00. The van der Waals surface area contributed by atoms with E-state index in [1.807, 2.05) is 54.6 Å². The molecule has 4 amide bonds. The van der Waals surface area contributed by atoms with Gasteiger partial charge in [-0.2, -0.15) is 0 Å². The summed E-state index contributed by atoms with van der Waals surface area (Å²) in [5.74, 6) is -2.44. The lowest BCUT2D eigenvalue weighted by Gasteiger charge is -2.27. The smallest absolute Gasteiger partial charge is 0.256 e. The van der Waals surface area contributed by atoms with Crippen molar-refractivity contribution in [1.29, 1.82) is 0 Å². The molecule has 3 aromatic rings. The second kappa shape index (κ2) is 11.5. The molecule has 4 rings (SSSR count). The second-order valence-corrected chi connectivity index (χ2v) is 10.2. The lowest BCUT2D eigenvalue weighted by Crippen LogP contribution is -2.50. The van der Waals surface area contributed by atoms with Crippen molar-refractivity contribution < 1.29 is 19.2 Å². The van der Waals surface area contributed by atoms with Gasteiger partial charge in [0.15, 0.2) is 0 Å². The lowest BCUT2D eigenvalue weighted by atomic mass is 9.92. The number of hydrogen-bond acceptors (Lipinski definition) is 5. The molecule has 1 heterocycles. The van der Waals surface area contributed by atoms with Crippen molar-refractivity contribution in [3.8, 4) is 11.1 Å². The molecular formula is C31H34N4O4. The van der Waals surface area contributed by atoms with Crippen LogP contribution >= 0.6 is 0 Å². The number of rotatable bonds is 7. The first-order chi connectivity index (χ1) is 18.6. The largest absolute Gasteiger partial charge is 0.398 e. The third-order valence-electron chi connectivity index (χ3n) is 7.00. The first-order valence-corrected chi connectivity index (χ1v) is 13.1. The Kier molecular flexibility index (Phi) is 8.14. The second-order valence-electron chi connectivity index (χ2n) is 10.2. The van der Waals surface area contributed by atoms with Crippen LogP contribution < -0.4 is 21.3 Å². The molecule has 202 valence electrons. The van der Waals surface area contributed by atoms with Crippen LogP contribution in [0.1, 0.15) is 57.2 Å². The molecule has 3 aromatic carbocycles. The van der Waals surface area contributed by atoms with Crippen molar-refractivity contribution in [3.05, 3.63) is 83.9 Å². The van der Waals surface area contributed by atoms with E-state index in [4.69, 9.17) is 5.73 Å². The number of carbonyl (C=O) groups is 4. The number of benzene rings is 3. The number of carbonyl (C=O) groups excluding carboxylic acids is 4. The molecule has 8 nitrogen and oxygen atoms in total. The Morgan fingerprint density at radius 2 is 1.56 bits per heavy atom. The molecule has 1 aliphatic heterocycles. The van der Waals surface area contributed by atoms with Crippen LogP contribution in [0.15, 0.2) is 72.8 Å². The topological polar surface area (TPSA) is 122 Å². The molecule has 39 heavy (non-hydrogen) atoms. The molecule has 8 heteroatoms. The van der Waals surface area contributed by atoms with Crippen molar-refractivity contribution in [3.63, 3.8) is 0 Å². The lowest BCUT2D eigenvalue weighted by molar-refractivity contribution is -0.132. The molecular weight excluding hydrogens is 492 g/mol. The number of nitrogens with zero attached hydrogens (tertiary/aromatic N) is 1. The van der Waals surface area contributed by atoms with E-state index >= 15 is 0 Å². The van der Waals surface area contributed by atoms with Crippen LogP contribution in [-0.2, 0) is 19.2 Å². The first-order valence-electron chi connectivity index (χ1n) is 13.1. The predicted octanol–water partition coefficient (Wildman–Crippen LogP) is 4.32. The zero-order valence-corrected chi connectivity index (χ0v) is 22.6. The fourth-order valence-corrected chi connectivity index (χ4v) is 4.83. The standard InChI is InChI=1S/C31H34N4O4/c1-18(2)29(37)34-25(21-11-6-5-7-12-21)17-27(36)33-20(4)31(39)35-26-16-10-15-24(32)28(26)23-14-9-8-13-22(23)19(3)30(35)38/h5-16,18-20,25H,17,32H2,1-4H3,(H,33,36)(H,34,37)/t19?,20-,25?/m0/s1. The fraction of sp³-hybridized carbons (Fsp3) is 0.290. The number of nitrogens with two attached hydrogens (primary N) is 1. The van der Waals surface area contributed by atoms with Gasteiger partial charge in [0, 0.05) is 17.2 Å². The van der Waals surface area contributed by atoms with E-state index in [2.05, 4.69) is 10.6 Å². The highest BCUT2D eigenvalue weighted by molar-refractivity contribution is 6.22. The Bertz CT molecular complexity index is 1400. The molecule has 0 saturated heterocycles. The minimum absolute atomic E-state index is 0.0700. The Balaban J connectivity index is 1.59. The minimum Gasteiger partial charge on any atom is -0.398 e. The van der Waals surface area contributed by atoms with Gasteiger partial charge in [-0.3, -0.25) is 19.2 Å². The maximum absolute atomic E-state index is 13.8. The molecule has 3 atom stereocenters. The summed E-state index contributed by atoms with van der Waals surface area (Å²) >= 11 is 0. The van der Waals surface area contributed by atoms with E-state index in [1.54, 1.807) is 45.9 Å². The molecule has 0 saturated carbocycles. The van der Waals surface area contributed by atoms with Gasteiger partial charge in [0.25, 0.3) is 5.91 Å². The molecule has 0 aliphatic carbocycles. The number of fused-ring (bicyclic) bond motifs is 3. The first kappa shape index (κ1) is 27.6. The average Bonchev–Trinajstić information content (AvgIpc) is 3.01. The van der Waals surface area contributed by atoms with Crippen LogP contribution in [0.2, 0.25) is 0 Å². The zero-order chi connectivity index (χ0) is 28.3. The van der Waals surface area contributed by atoms with Gasteiger partial charge in [-0.1, -0.05) is 74.5 Å². The van der Waals surface area contributed by atoms with Gasteiger partial charge in [-0.05, 0) is 42.7 Å². The van der Waals surface area contributed by atoms with E-state index in [-0.39, 0.29) is 18.2 Å². The van der Waals surface area contributed by atoms with Gasteiger partial charge in [-0.25, -0.2) is 4.90 Å². The zero-order valence-electron chi connectivity index (χ0n) is 22.6. The van der Waals surface area contributed by atoms with Crippen molar-refractivity contribution >= 4 is 35.0 Å². The monoisotopic (exact) mass is 526 g/mol. The number of nitrogens with one attached hydrogen (secondary N) is 2. The van der Waals surface area contributed by atoms with Crippen molar-refractivity contribution in [2.45, 2.75) is 52.1 Å². The molecule has 4 N–H and O–H groups in total. The number of anilines is 2. The fourth-order valence-electron chi connectivity index (χ4n) is 4.83. The van der Waals surface area contributed by atoms with Crippen LogP contribution in [0.5, 0.6) is 0 Å². The number of nitrogen functional groups attached to an aromatic ring is 1. The highest BCUT2D eigenvalue weighted by Gasteiger charge is 2.38. The highest BCUT2D eigenvalue weighted by atomic mass is 16.2. The summed E-state index contributed by atoms with van der Waals surface area (Å²) in [6.07, 6.45) is -0.0700. The number of imide groups is 1. The van der Waals surface area contributed by atoms with Crippen molar-refractivity contribution in [1.82, 2.24) is 10.6 Å². The summed E-state index contributed by atoms with van der Waals surface area (Å²) in [7, 11) is 0. The Morgan fingerprint density at radius 3 is 2.26 bits per heavy atom. The van der Waals surface area contributed by atoms with Crippen LogP contribution in [0.3, 0.4) is 0 Å². The molecule has 0 fully saturated rings. The van der Waals surface area contributed by atoms with Crippen LogP contribution in [-0.4, -0.2) is 29.7 Å². The van der Waals surface area contributed by atoms with Crippen molar-refractivity contribution in [2.24, 2.45) is 5.92 Å². The van der Waals surface area contributed by atoms with Gasteiger partial charge in [-0.15, -0.1) is 0 Å². The van der Waals surface area contributed by atoms with Gasteiger partial charge >= 0.3 is 0 Å². The van der Waals surface area contributed by atoms with E-state index in [1.165, 1.54) is 0 Å². The molecule has 0 radical (unpaired) electrons. The Morgan fingerprint density at radius 1 is 0.897 bits per heavy atom. The van der Waals surface area contributed by atoms with Crippen LogP contribution in [0, 0.1) is 5.92 Å². The van der Waals surface area contributed by atoms with E-state index < -0.39 is 35.7 Å². The summed E-state index contributed by atoms with van der Waals surface area (Å²) in [5.41, 5.74) is 10.1. The van der Waals surface area contributed by atoms with Crippen LogP contribution in [0.4, 0.5) is 11.4 Å². The summed E-state index contributed by atoms with van der Waals surface area (Å²) in [6.45, 7) is 6.86. The third kappa shape index (κ3) is 5.70. The maximum atomic E-state index is 13.8. The number of hydrogen-bond donors (Lipinski definition) is 3. The van der Waals surface area contributed by atoms with Gasteiger partial charge < -0.3 is 16.4 Å². The predicted molar refractivity (Wildman–Crippen MR) is 152 cm³/mol. The summed E-state index contributed by atoms with van der Waals surface area (Å²) < 4.78 is 0. The molecule has 0 aromatic heterocycles. The molecule has 2 unspecified atom stereocenters. The summed E-state index contributed by atoms with van der Waals surface area (Å²) in [6, 6.07) is 20.2. The normalized spacial score (nSPS) is 16.0. The molecule has 0 spiro atoms. The average molecular weight is 527 g/mol. The van der Waals surface area contributed by atoms with Gasteiger partial charge in [0.2, 0.25) is 17.7 Å². The van der Waals surface area contributed by atoms with Gasteiger partial charge in [0.05, 0.1) is 24.1 Å². The maximum Gasteiger partial charge on any atom is 0.256 e.